The average molecular weight is 488 g/mol. The van der Waals surface area contributed by atoms with Gasteiger partial charge in [-0.15, -0.1) is 0 Å². The van der Waals surface area contributed by atoms with Crippen molar-refractivity contribution in [3.05, 3.63) is 48.0 Å². The highest BCUT2D eigenvalue weighted by Gasteiger charge is 2.33. The summed E-state index contributed by atoms with van der Waals surface area (Å²) in [5.74, 6) is -0.109. The Kier molecular flexibility index (Phi) is 5.67. The molecule has 10 nitrogen and oxygen atoms in total. The number of rotatable bonds is 6. The number of ether oxygens (including phenoxy) is 1. The van der Waals surface area contributed by atoms with Crippen LogP contribution in [0.2, 0.25) is 0 Å². The van der Waals surface area contributed by atoms with E-state index in [-0.39, 0.29) is 30.5 Å². The molecular formula is C26H29N7O3. The lowest BCUT2D eigenvalue weighted by Crippen LogP contribution is -2.51. The summed E-state index contributed by atoms with van der Waals surface area (Å²) in [6.45, 7) is 3.80. The lowest BCUT2D eigenvalue weighted by molar-refractivity contribution is -0.130. The Hall–Kier alpha value is -3.79. The van der Waals surface area contributed by atoms with Gasteiger partial charge in [0.2, 0.25) is 5.91 Å². The molecule has 10 heteroatoms. The van der Waals surface area contributed by atoms with Crippen LogP contribution >= 0.6 is 0 Å². The summed E-state index contributed by atoms with van der Waals surface area (Å²) in [6.07, 6.45) is 9.23. The number of hydrogen-bond donors (Lipinski definition) is 1. The number of aryl methyl sites for hydroxylation is 1. The van der Waals surface area contributed by atoms with Crippen molar-refractivity contribution in [1.29, 1.82) is 0 Å². The van der Waals surface area contributed by atoms with Crippen LogP contribution in [0.15, 0.2) is 36.8 Å². The van der Waals surface area contributed by atoms with Crippen molar-refractivity contribution in [3.8, 4) is 11.3 Å². The van der Waals surface area contributed by atoms with Crippen LogP contribution in [0, 0.1) is 6.92 Å². The van der Waals surface area contributed by atoms with Gasteiger partial charge in [0.05, 0.1) is 24.0 Å². The molecule has 2 aliphatic rings. The van der Waals surface area contributed by atoms with Crippen LogP contribution in [0.1, 0.15) is 41.7 Å². The Morgan fingerprint density at radius 1 is 1.19 bits per heavy atom. The molecule has 6 rings (SSSR count). The van der Waals surface area contributed by atoms with Crippen LogP contribution in [0.5, 0.6) is 0 Å². The van der Waals surface area contributed by atoms with E-state index in [1.807, 2.05) is 40.8 Å². The van der Waals surface area contributed by atoms with Crippen molar-refractivity contribution in [2.24, 2.45) is 0 Å². The molecule has 4 aromatic heterocycles. The fourth-order valence-corrected chi connectivity index (χ4v) is 5.23. The molecule has 2 atom stereocenters. The first-order valence-electron chi connectivity index (χ1n) is 12.4. The normalized spacial score (nSPS) is 19.7. The Morgan fingerprint density at radius 2 is 2.03 bits per heavy atom. The number of aromatic nitrogens is 5. The number of hydrogen-bond acceptors (Lipinski definition) is 6. The number of carbonyl (C=O) groups excluding carboxylic acids is 2. The molecule has 1 saturated carbocycles. The molecule has 0 radical (unpaired) electrons. The molecule has 0 aromatic carbocycles. The number of methoxy groups -OCH3 is 1. The fraction of sp³-hybridized carbons (Fsp3) is 0.423. The van der Waals surface area contributed by atoms with Crippen molar-refractivity contribution >= 4 is 28.5 Å². The zero-order valence-corrected chi connectivity index (χ0v) is 20.5. The highest BCUT2D eigenvalue weighted by atomic mass is 16.5. The van der Waals surface area contributed by atoms with Gasteiger partial charge in [-0.05, 0) is 50.8 Å². The number of fused-ring (bicyclic) bond motifs is 2. The molecule has 0 bridgehead atoms. The van der Waals surface area contributed by atoms with E-state index in [1.165, 1.54) is 0 Å². The maximum atomic E-state index is 13.1. The van der Waals surface area contributed by atoms with E-state index in [9.17, 15) is 9.59 Å². The molecule has 5 heterocycles. The Balaban J connectivity index is 1.37. The van der Waals surface area contributed by atoms with Crippen LogP contribution in [-0.2, 0) is 16.1 Å². The predicted octanol–water partition coefficient (Wildman–Crippen LogP) is 2.58. The first kappa shape index (κ1) is 22.7. The molecule has 36 heavy (non-hydrogen) atoms. The summed E-state index contributed by atoms with van der Waals surface area (Å²) in [4.78, 5) is 37.3. The summed E-state index contributed by atoms with van der Waals surface area (Å²) in [5.41, 5.74) is 4.08. The van der Waals surface area contributed by atoms with Gasteiger partial charge in [-0.1, -0.05) is 0 Å². The zero-order chi connectivity index (χ0) is 24.8. The maximum Gasteiger partial charge on any atom is 0.257 e. The molecule has 2 fully saturated rings. The van der Waals surface area contributed by atoms with Gasteiger partial charge in [0, 0.05) is 49.2 Å². The largest absolute Gasteiger partial charge is 0.379 e. The van der Waals surface area contributed by atoms with Crippen LogP contribution in [0.4, 0.5) is 0 Å². The van der Waals surface area contributed by atoms with E-state index in [0.29, 0.717) is 16.9 Å². The Labute approximate surface area is 208 Å². The van der Waals surface area contributed by atoms with Gasteiger partial charge in [-0.3, -0.25) is 9.59 Å². The van der Waals surface area contributed by atoms with Crippen LogP contribution in [0.3, 0.4) is 0 Å². The summed E-state index contributed by atoms with van der Waals surface area (Å²) >= 11 is 0. The van der Waals surface area contributed by atoms with Gasteiger partial charge in [0.15, 0.2) is 5.65 Å². The highest BCUT2D eigenvalue weighted by molar-refractivity contribution is 6.00. The van der Waals surface area contributed by atoms with Crippen molar-refractivity contribution in [3.63, 3.8) is 0 Å². The number of likely N-dealkylation sites (tertiary alicyclic amines) is 1. The van der Waals surface area contributed by atoms with E-state index in [0.717, 1.165) is 61.1 Å². The minimum atomic E-state index is -0.207. The molecule has 1 saturated heterocycles. The zero-order valence-electron chi connectivity index (χ0n) is 20.5. The summed E-state index contributed by atoms with van der Waals surface area (Å²) < 4.78 is 9.00. The second-order valence-corrected chi connectivity index (χ2v) is 9.64. The predicted molar refractivity (Wildman–Crippen MR) is 134 cm³/mol. The SMILES string of the molecule is CO[C@@H]1CC[C@H]1NC(=O)c1cnn2c(C)cc(-c3cn(CC(=O)N4CCCC4)c4ncccc34)nc12. The molecule has 0 unspecified atom stereocenters. The van der Waals surface area contributed by atoms with Crippen molar-refractivity contribution in [1.82, 2.24) is 34.4 Å². The van der Waals surface area contributed by atoms with Crippen LogP contribution < -0.4 is 5.32 Å². The number of pyridine rings is 1. The van der Waals surface area contributed by atoms with Crippen LogP contribution in [0.25, 0.3) is 27.9 Å². The van der Waals surface area contributed by atoms with Gasteiger partial charge in [-0.2, -0.15) is 5.10 Å². The topological polar surface area (TPSA) is 107 Å². The number of amides is 2. The second-order valence-electron chi connectivity index (χ2n) is 9.64. The van der Waals surface area contributed by atoms with Crippen LogP contribution in [-0.4, -0.2) is 73.2 Å². The van der Waals surface area contributed by atoms with Gasteiger partial charge in [0.25, 0.3) is 5.91 Å². The van der Waals surface area contributed by atoms with Crippen molar-refractivity contribution < 1.29 is 14.3 Å². The Bertz CT molecular complexity index is 1470. The minimum Gasteiger partial charge on any atom is -0.379 e. The molecule has 0 spiro atoms. The third-order valence-corrected chi connectivity index (χ3v) is 7.40. The van der Waals surface area contributed by atoms with Gasteiger partial charge in [0.1, 0.15) is 17.8 Å². The van der Waals surface area contributed by atoms with E-state index in [1.54, 1.807) is 24.0 Å². The molecule has 1 aliphatic carbocycles. The first-order chi connectivity index (χ1) is 17.5. The quantitative estimate of drug-likeness (QED) is 0.448. The fourth-order valence-electron chi connectivity index (χ4n) is 5.23. The average Bonchev–Trinajstić information content (AvgIpc) is 3.61. The minimum absolute atomic E-state index is 0.000997. The number of carbonyl (C=O) groups is 2. The third kappa shape index (κ3) is 3.81. The van der Waals surface area contributed by atoms with E-state index in [4.69, 9.17) is 9.72 Å². The third-order valence-electron chi connectivity index (χ3n) is 7.40. The number of nitrogens with one attached hydrogen (secondary N) is 1. The smallest absolute Gasteiger partial charge is 0.257 e. The number of nitrogens with zero attached hydrogens (tertiary/aromatic N) is 6. The molecule has 2 amide bonds. The Morgan fingerprint density at radius 3 is 2.78 bits per heavy atom. The van der Waals surface area contributed by atoms with Crippen molar-refractivity contribution in [2.75, 3.05) is 20.2 Å². The van der Waals surface area contributed by atoms with Gasteiger partial charge < -0.3 is 19.5 Å². The maximum absolute atomic E-state index is 13.1. The van der Waals surface area contributed by atoms with E-state index < -0.39 is 0 Å². The summed E-state index contributed by atoms with van der Waals surface area (Å²) in [7, 11) is 1.67. The molecular weight excluding hydrogens is 458 g/mol. The lowest BCUT2D eigenvalue weighted by Gasteiger charge is -2.35. The molecule has 1 aliphatic heterocycles. The van der Waals surface area contributed by atoms with Gasteiger partial charge >= 0.3 is 0 Å². The first-order valence-corrected chi connectivity index (χ1v) is 12.4. The second kappa shape index (κ2) is 9.02. The van der Waals surface area contributed by atoms with Gasteiger partial charge in [-0.25, -0.2) is 14.5 Å². The summed E-state index contributed by atoms with van der Waals surface area (Å²) in [5, 5.41) is 8.38. The molecule has 186 valence electrons. The van der Waals surface area contributed by atoms with E-state index >= 15 is 0 Å². The van der Waals surface area contributed by atoms with E-state index in [2.05, 4.69) is 15.4 Å². The monoisotopic (exact) mass is 487 g/mol. The standard InChI is InChI=1S/C26H29N7O3/c1-16-12-21(29-25-18(13-28-33(16)25)26(35)30-20-7-8-22(20)36-2)19-14-32(24-17(19)6-5-9-27-24)15-23(34)31-10-3-4-11-31/h5-6,9,12-14,20,22H,3-4,7-8,10-11,15H2,1-2H3,(H,30,35)/t20-,22-/m1/s1. The summed E-state index contributed by atoms with van der Waals surface area (Å²) in [6, 6.07) is 5.82. The lowest BCUT2D eigenvalue weighted by atomic mass is 9.89. The van der Waals surface area contributed by atoms with Crippen molar-refractivity contribution in [2.45, 2.75) is 51.3 Å². The highest BCUT2D eigenvalue weighted by Crippen LogP contribution is 2.30. The molecule has 1 N–H and O–H groups in total. The molecule has 4 aromatic rings.